The Labute approximate surface area is 339 Å². The number of hydrogen-bond acceptors (Lipinski definition) is 11. The van der Waals surface area contributed by atoms with Crippen LogP contribution in [0, 0.1) is 0 Å². The number of hydrogen-bond donors (Lipinski definition) is 2. The first-order valence-corrected chi connectivity index (χ1v) is 20.5. The third-order valence-electron chi connectivity index (χ3n) is 12.4. The lowest BCUT2D eigenvalue weighted by Crippen LogP contribution is -2.54. The Balaban J connectivity index is 0.827. The largest absolute Gasteiger partial charge is 0.376 e. The van der Waals surface area contributed by atoms with E-state index >= 15 is 0 Å². The second-order valence-electron chi connectivity index (χ2n) is 16.4. The Bertz CT molecular complexity index is 2180. The molecule has 0 spiro atoms. The van der Waals surface area contributed by atoms with Crippen LogP contribution < -0.4 is 21.1 Å². The monoisotopic (exact) mass is 841 g/mol. The lowest BCUT2D eigenvalue weighted by atomic mass is 9.80. The van der Waals surface area contributed by atoms with Crippen molar-refractivity contribution in [3.05, 3.63) is 85.7 Å². The van der Waals surface area contributed by atoms with Gasteiger partial charge in [-0.1, -0.05) is 12.1 Å². The number of rotatable bonds is 7. The summed E-state index contributed by atoms with van der Waals surface area (Å²) in [7, 11) is 3.73. The quantitative estimate of drug-likeness (QED) is 0.337. The molecule has 15 nitrogen and oxygen atoms in total. The van der Waals surface area contributed by atoms with Crippen molar-refractivity contribution < 1.29 is 24.0 Å². The molecule has 2 aromatic carbocycles. The summed E-state index contributed by atoms with van der Waals surface area (Å²) in [6.07, 6.45) is 4.54. The van der Waals surface area contributed by atoms with Crippen LogP contribution in [-0.2, 0) is 16.6 Å². The number of piperidine rings is 3. The maximum absolute atomic E-state index is 13.6. The average molecular weight is 843 g/mol. The maximum Gasteiger partial charge on any atom is 0.282 e. The van der Waals surface area contributed by atoms with Crippen molar-refractivity contribution in [3.8, 4) is 0 Å². The van der Waals surface area contributed by atoms with E-state index in [1.165, 1.54) is 10.2 Å². The normalized spacial score (nSPS) is 25.2. The summed E-state index contributed by atoms with van der Waals surface area (Å²) in [5.41, 5.74) is 3.50. The van der Waals surface area contributed by atoms with Gasteiger partial charge in [0.2, 0.25) is 11.8 Å². The number of nitrogens with one attached hydrogen (secondary N) is 2. The van der Waals surface area contributed by atoms with Crippen LogP contribution in [0.1, 0.15) is 81.6 Å². The SMILES string of the molecule is CN1C[C@@H](c2ccc(C(=O)N3CCC(N4CCN(c5ccc6c(c5)C(=O)N(C5CCC(=O)NC5=O)C6=O)CC4)CC3)cc2)C[C@](C)(Nc2cnn(C)c(=O)c2Br)C1. The summed E-state index contributed by atoms with van der Waals surface area (Å²) in [6, 6.07) is 12.8. The van der Waals surface area contributed by atoms with Gasteiger partial charge < -0.3 is 20.0 Å². The Morgan fingerprint density at radius 3 is 2.30 bits per heavy atom. The number of likely N-dealkylation sites (N-methyl/N-ethyl adjacent to an activating group) is 1. The number of fused-ring (bicyclic) bond motifs is 1. The van der Waals surface area contributed by atoms with Crippen LogP contribution in [0.25, 0.3) is 0 Å². The van der Waals surface area contributed by atoms with E-state index in [0.29, 0.717) is 40.4 Å². The van der Waals surface area contributed by atoms with Crippen molar-refractivity contribution in [2.75, 3.05) is 69.6 Å². The van der Waals surface area contributed by atoms with Crippen molar-refractivity contribution in [1.29, 1.82) is 0 Å². The van der Waals surface area contributed by atoms with Crippen molar-refractivity contribution in [3.63, 3.8) is 0 Å². The first-order valence-electron chi connectivity index (χ1n) is 19.7. The fourth-order valence-electron chi connectivity index (χ4n) is 9.46. The van der Waals surface area contributed by atoms with E-state index in [1.54, 1.807) is 25.4 Å². The van der Waals surface area contributed by atoms with Crippen molar-refractivity contribution in [2.24, 2.45) is 7.05 Å². The van der Waals surface area contributed by atoms with Crippen LogP contribution >= 0.6 is 15.9 Å². The van der Waals surface area contributed by atoms with E-state index < -0.39 is 29.7 Å². The van der Waals surface area contributed by atoms with Crippen molar-refractivity contribution in [2.45, 2.75) is 62.6 Å². The molecule has 4 saturated heterocycles. The van der Waals surface area contributed by atoms with Crippen molar-refractivity contribution in [1.82, 2.24) is 34.7 Å². The number of likely N-dealkylation sites (tertiary alicyclic amines) is 2. The minimum absolute atomic E-state index is 0.0564. The lowest BCUT2D eigenvalue weighted by Gasteiger charge is -2.44. The van der Waals surface area contributed by atoms with Crippen LogP contribution in [-0.4, -0.2) is 136 Å². The molecule has 5 amide bonds. The zero-order valence-corrected chi connectivity index (χ0v) is 34.1. The van der Waals surface area contributed by atoms with Gasteiger partial charge >= 0.3 is 0 Å². The number of carbonyl (C=O) groups excluding carboxylic acids is 5. The van der Waals surface area contributed by atoms with E-state index in [-0.39, 0.29) is 41.3 Å². The van der Waals surface area contributed by atoms with Crippen LogP contribution in [0.5, 0.6) is 0 Å². The molecule has 5 aliphatic heterocycles. The topological polar surface area (TPSA) is 160 Å². The molecular weight excluding hydrogens is 794 g/mol. The predicted molar refractivity (Wildman–Crippen MR) is 216 cm³/mol. The van der Waals surface area contributed by atoms with Crippen LogP contribution in [0.4, 0.5) is 11.4 Å². The molecule has 0 radical (unpaired) electrons. The number of halogens is 1. The fourth-order valence-corrected chi connectivity index (χ4v) is 9.92. The minimum atomic E-state index is -0.984. The van der Waals surface area contributed by atoms with Crippen LogP contribution in [0.2, 0.25) is 0 Å². The standard InChI is InChI=1S/C41H48BrN9O6/c1-41(45-32-22-43-47(3)40(57)35(32)42)21-27(23-46(2)24-41)25-4-6-26(7-5-25)37(54)50-14-12-28(13-15-50)48-16-18-49(19-17-48)29-8-9-30-31(20-29)39(56)51(38(30)55)33-10-11-34(52)44-36(33)53/h4-9,20,22,27-28,33,45H,10-19,21,23-24H2,1-3H3,(H,44,52,53)/t27-,33?,41-/m0/s1. The molecule has 1 unspecified atom stereocenters. The van der Waals surface area contributed by atoms with Gasteiger partial charge in [0.05, 0.1) is 23.0 Å². The molecule has 57 heavy (non-hydrogen) atoms. The number of aromatic nitrogens is 2. The summed E-state index contributed by atoms with van der Waals surface area (Å²) in [6.45, 7) is 8.46. The van der Waals surface area contributed by atoms with E-state index in [2.05, 4.69) is 72.5 Å². The van der Waals surface area contributed by atoms with Crippen LogP contribution in [0.15, 0.2) is 57.9 Å². The van der Waals surface area contributed by atoms with Crippen molar-refractivity contribution >= 4 is 56.8 Å². The molecule has 3 aromatic rings. The van der Waals surface area contributed by atoms with E-state index in [0.717, 1.165) is 69.1 Å². The number of amides is 5. The van der Waals surface area contributed by atoms with Crippen LogP contribution in [0.3, 0.4) is 0 Å². The maximum atomic E-state index is 13.6. The highest BCUT2D eigenvalue weighted by Crippen LogP contribution is 2.36. The number of anilines is 2. The third-order valence-corrected chi connectivity index (χ3v) is 13.1. The van der Waals surface area contributed by atoms with E-state index in [1.807, 2.05) is 23.1 Å². The molecule has 8 rings (SSSR count). The molecular formula is C41H48BrN9O6. The second kappa shape index (κ2) is 15.4. The molecule has 3 atom stereocenters. The van der Waals surface area contributed by atoms with Gasteiger partial charge in [0.15, 0.2) is 0 Å². The summed E-state index contributed by atoms with van der Waals surface area (Å²) < 4.78 is 1.77. The molecule has 6 heterocycles. The predicted octanol–water partition coefficient (Wildman–Crippen LogP) is 2.66. The number of piperazine rings is 1. The molecule has 16 heteroatoms. The molecule has 0 saturated carbocycles. The van der Waals surface area contributed by atoms with E-state index in [9.17, 15) is 28.8 Å². The summed E-state index contributed by atoms with van der Waals surface area (Å²) in [5, 5.41) is 10.0. The lowest BCUT2D eigenvalue weighted by molar-refractivity contribution is -0.136. The summed E-state index contributed by atoms with van der Waals surface area (Å²) in [4.78, 5) is 86.7. The molecule has 1 aromatic heterocycles. The molecule has 5 aliphatic rings. The number of carbonyl (C=O) groups is 5. The van der Waals surface area contributed by atoms with Gasteiger partial charge in [-0.2, -0.15) is 5.10 Å². The van der Waals surface area contributed by atoms with Gasteiger partial charge in [0.1, 0.15) is 10.5 Å². The zero-order valence-electron chi connectivity index (χ0n) is 32.5. The second-order valence-corrected chi connectivity index (χ2v) is 17.2. The van der Waals surface area contributed by atoms with Gasteiger partial charge in [-0.15, -0.1) is 0 Å². The minimum Gasteiger partial charge on any atom is -0.376 e. The highest BCUT2D eigenvalue weighted by molar-refractivity contribution is 9.10. The highest BCUT2D eigenvalue weighted by Gasteiger charge is 2.45. The molecule has 4 fully saturated rings. The van der Waals surface area contributed by atoms with Gasteiger partial charge in [-0.25, -0.2) is 4.68 Å². The Morgan fingerprint density at radius 1 is 0.895 bits per heavy atom. The summed E-state index contributed by atoms with van der Waals surface area (Å²) in [5.74, 6) is -1.72. The fraction of sp³-hybridized carbons (Fsp3) is 0.488. The molecule has 2 N–H and O–H groups in total. The van der Waals surface area contributed by atoms with Gasteiger partial charge in [-0.05, 0) is 97.4 Å². The Kier molecular flexibility index (Phi) is 10.5. The smallest absolute Gasteiger partial charge is 0.282 e. The Morgan fingerprint density at radius 2 is 1.60 bits per heavy atom. The first kappa shape index (κ1) is 38.9. The number of benzene rings is 2. The summed E-state index contributed by atoms with van der Waals surface area (Å²) >= 11 is 3.45. The van der Waals surface area contributed by atoms with Gasteiger partial charge in [0, 0.05) is 88.7 Å². The Hall–Kier alpha value is -4.93. The number of aryl methyl sites for hydroxylation is 1. The molecule has 0 bridgehead atoms. The zero-order chi connectivity index (χ0) is 40.2. The van der Waals surface area contributed by atoms with Gasteiger partial charge in [-0.3, -0.25) is 43.9 Å². The number of imide groups is 2. The third kappa shape index (κ3) is 7.62. The number of nitrogens with zero attached hydrogens (tertiary/aromatic N) is 7. The van der Waals surface area contributed by atoms with E-state index in [4.69, 9.17) is 0 Å². The average Bonchev–Trinajstić information content (AvgIpc) is 3.45. The molecule has 0 aliphatic carbocycles. The molecule has 300 valence electrons. The highest BCUT2D eigenvalue weighted by atomic mass is 79.9. The first-order chi connectivity index (χ1) is 27.3. The van der Waals surface area contributed by atoms with Gasteiger partial charge in [0.25, 0.3) is 23.3 Å².